The van der Waals surface area contributed by atoms with Crippen LogP contribution in [-0.4, -0.2) is 39.1 Å². The van der Waals surface area contributed by atoms with Crippen LogP contribution >= 0.6 is 0 Å². The SMILES string of the molecule is NC(CC(=O)N1CCn2cc(C(F)(F)C(F)(F)F)nc2C1)Cc1cc(F)c(F)cc1F. The Balaban J connectivity index is 1.65. The maximum absolute atomic E-state index is 13.7. The lowest BCUT2D eigenvalue weighted by Gasteiger charge is -2.28. The van der Waals surface area contributed by atoms with Crippen molar-refractivity contribution in [3.05, 3.63) is 52.9 Å². The second-order valence-electron chi connectivity index (χ2n) is 7.15. The summed E-state index contributed by atoms with van der Waals surface area (Å²) in [6, 6.07) is 0.0196. The molecule has 1 unspecified atom stereocenters. The monoisotopic (exact) mass is 456 g/mol. The van der Waals surface area contributed by atoms with Crippen LogP contribution in [-0.2, 0) is 30.2 Å². The van der Waals surface area contributed by atoms with Gasteiger partial charge in [-0.25, -0.2) is 18.2 Å². The summed E-state index contributed by atoms with van der Waals surface area (Å²) in [6.07, 6.45) is -5.83. The minimum Gasteiger partial charge on any atom is -0.333 e. The molecule has 1 aliphatic rings. The first-order valence-corrected chi connectivity index (χ1v) is 8.97. The Morgan fingerprint density at radius 2 is 1.71 bits per heavy atom. The van der Waals surface area contributed by atoms with Crippen LogP contribution in [0.3, 0.4) is 0 Å². The van der Waals surface area contributed by atoms with Gasteiger partial charge in [0.05, 0.1) is 6.54 Å². The van der Waals surface area contributed by atoms with Crippen molar-refractivity contribution in [1.82, 2.24) is 14.5 Å². The molecule has 5 nitrogen and oxygen atoms in total. The van der Waals surface area contributed by atoms with Crippen LogP contribution in [0.1, 0.15) is 23.5 Å². The lowest BCUT2D eigenvalue weighted by molar-refractivity contribution is -0.290. The molecular formula is C18H16F8N4O. The van der Waals surface area contributed by atoms with E-state index < -0.39 is 47.2 Å². The van der Waals surface area contributed by atoms with Gasteiger partial charge in [0, 0.05) is 37.8 Å². The van der Waals surface area contributed by atoms with Gasteiger partial charge in [0.2, 0.25) is 5.91 Å². The summed E-state index contributed by atoms with van der Waals surface area (Å²) in [5.74, 6) is -9.54. The first kappa shape index (κ1) is 23.0. The highest BCUT2D eigenvalue weighted by molar-refractivity contribution is 5.76. The number of carbonyl (C=O) groups is 1. The Kier molecular flexibility index (Phi) is 6.00. The van der Waals surface area contributed by atoms with Gasteiger partial charge >= 0.3 is 12.1 Å². The maximum atomic E-state index is 13.7. The number of nitrogens with two attached hydrogens (primary N) is 1. The number of halogens is 8. The van der Waals surface area contributed by atoms with E-state index in [2.05, 4.69) is 4.98 Å². The highest BCUT2D eigenvalue weighted by Gasteiger charge is 2.60. The summed E-state index contributed by atoms with van der Waals surface area (Å²) < 4.78 is 106. The second kappa shape index (κ2) is 8.09. The van der Waals surface area contributed by atoms with Crippen LogP contribution in [0, 0.1) is 17.5 Å². The molecule has 1 aromatic heterocycles. The largest absolute Gasteiger partial charge is 0.459 e. The summed E-state index contributed by atoms with van der Waals surface area (Å²) in [5.41, 5.74) is 4.11. The number of alkyl halides is 5. The van der Waals surface area contributed by atoms with Gasteiger partial charge in [-0.1, -0.05) is 0 Å². The standard InChI is InChI=1S/C18H16F8N4O/c19-11-6-13(21)12(20)4-9(11)3-10(27)5-16(31)30-2-1-29-7-14(28-15(29)8-30)17(22,23)18(24,25)26/h4,6-7,10H,1-3,5,8,27H2. The third kappa shape index (κ3) is 4.65. The summed E-state index contributed by atoms with van der Waals surface area (Å²) in [7, 11) is 0. The van der Waals surface area contributed by atoms with Crippen LogP contribution in [0.4, 0.5) is 35.1 Å². The van der Waals surface area contributed by atoms with Crippen LogP contribution in [0.5, 0.6) is 0 Å². The molecule has 1 amide bonds. The molecule has 2 N–H and O–H groups in total. The van der Waals surface area contributed by atoms with E-state index in [1.54, 1.807) is 0 Å². The van der Waals surface area contributed by atoms with Crippen LogP contribution in [0.25, 0.3) is 0 Å². The van der Waals surface area contributed by atoms with Crippen LogP contribution < -0.4 is 5.73 Å². The number of rotatable bonds is 5. The average molecular weight is 456 g/mol. The average Bonchev–Trinajstić information content (AvgIpc) is 3.09. The van der Waals surface area contributed by atoms with E-state index in [1.807, 2.05) is 0 Å². The third-order valence-corrected chi connectivity index (χ3v) is 4.84. The first-order chi connectivity index (χ1) is 14.3. The predicted molar refractivity (Wildman–Crippen MR) is 90.2 cm³/mol. The zero-order valence-corrected chi connectivity index (χ0v) is 15.7. The summed E-state index contributed by atoms with van der Waals surface area (Å²) in [5, 5.41) is 0. The van der Waals surface area contributed by atoms with Gasteiger partial charge in [-0.15, -0.1) is 0 Å². The fourth-order valence-corrected chi connectivity index (χ4v) is 3.19. The van der Waals surface area contributed by atoms with Gasteiger partial charge in [0.15, 0.2) is 11.6 Å². The second-order valence-corrected chi connectivity index (χ2v) is 7.15. The van der Waals surface area contributed by atoms with Crippen molar-refractivity contribution >= 4 is 5.91 Å². The van der Waals surface area contributed by atoms with E-state index in [9.17, 15) is 39.9 Å². The Morgan fingerprint density at radius 3 is 2.35 bits per heavy atom. The number of hydrogen-bond donors (Lipinski definition) is 1. The molecule has 1 atom stereocenters. The number of fused-ring (bicyclic) bond motifs is 1. The number of aromatic nitrogens is 2. The number of hydrogen-bond acceptors (Lipinski definition) is 3. The Hall–Kier alpha value is -2.70. The molecule has 31 heavy (non-hydrogen) atoms. The Bertz CT molecular complexity index is 988. The van der Waals surface area contributed by atoms with E-state index in [1.165, 1.54) is 4.90 Å². The predicted octanol–water partition coefficient (Wildman–Crippen LogP) is 3.26. The smallest absolute Gasteiger partial charge is 0.333 e. The zero-order valence-electron chi connectivity index (χ0n) is 15.7. The molecule has 0 fully saturated rings. The molecule has 170 valence electrons. The zero-order chi connectivity index (χ0) is 23.1. The van der Waals surface area contributed by atoms with Crippen LogP contribution in [0.15, 0.2) is 18.3 Å². The molecule has 0 saturated carbocycles. The Morgan fingerprint density at radius 1 is 1.06 bits per heavy atom. The van der Waals surface area contributed by atoms with E-state index in [0.717, 1.165) is 4.57 Å². The molecule has 2 aromatic rings. The molecular weight excluding hydrogens is 440 g/mol. The van der Waals surface area contributed by atoms with Crippen LogP contribution in [0.2, 0.25) is 0 Å². The van der Waals surface area contributed by atoms with Crippen molar-refractivity contribution < 1.29 is 39.9 Å². The summed E-state index contributed by atoms with van der Waals surface area (Å²) in [4.78, 5) is 16.9. The number of imidazole rings is 1. The summed E-state index contributed by atoms with van der Waals surface area (Å²) in [6.45, 7) is -0.375. The molecule has 0 bridgehead atoms. The van der Waals surface area contributed by atoms with Crippen molar-refractivity contribution in [3.63, 3.8) is 0 Å². The molecule has 0 saturated heterocycles. The molecule has 0 spiro atoms. The van der Waals surface area contributed by atoms with Crippen molar-refractivity contribution in [2.24, 2.45) is 5.73 Å². The molecule has 1 aromatic carbocycles. The molecule has 2 heterocycles. The Labute approximate surface area is 170 Å². The van der Waals surface area contributed by atoms with Crippen molar-refractivity contribution in [2.45, 2.75) is 44.1 Å². The molecule has 1 aliphatic heterocycles. The summed E-state index contributed by atoms with van der Waals surface area (Å²) >= 11 is 0. The number of nitrogens with zero attached hydrogens (tertiary/aromatic N) is 3. The normalized spacial score (nSPS) is 15.7. The lowest BCUT2D eigenvalue weighted by Crippen LogP contribution is -2.41. The van der Waals surface area contributed by atoms with E-state index in [0.29, 0.717) is 18.3 Å². The molecule has 13 heteroatoms. The van der Waals surface area contributed by atoms with Gasteiger partial charge in [0.1, 0.15) is 17.3 Å². The van der Waals surface area contributed by atoms with Gasteiger partial charge < -0.3 is 15.2 Å². The minimum absolute atomic E-state index is 0.00544. The van der Waals surface area contributed by atoms with Gasteiger partial charge in [0.25, 0.3) is 0 Å². The van der Waals surface area contributed by atoms with Crippen molar-refractivity contribution in [2.75, 3.05) is 6.54 Å². The van der Waals surface area contributed by atoms with Gasteiger partial charge in [-0.3, -0.25) is 4.79 Å². The van der Waals surface area contributed by atoms with Crippen molar-refractivity contribution in [1.29, 1.82) is 0 Å². The highest BCUT2D eigenvalue weighted by atomic mass is 19.4. The quantitative estimate of drug-likeness (QED) is 0.555. The fourth-order valence-electron chi connectivity index (χ4n) is 3.19. The minimum atomic E-state index is -5.81. The lowest BCUT2D eigenvalue weighted by atomic mass is 10.0. The number of amides is 1. The van der Waals surface area contributed by atoms with E-state index >= 15 is 0 Å². The van der Waals surface area contributed by atoms with E-state index in [4.69, 9.17) is 5.73 Å². The molecule has 0 aliphatic carbocycles. The number of carbonyl (C=O) groups excluding carboxylic acids is 1. The fraction of sp³-hybridized carbons (Fsp3) is 0.444. The first-order valence-electron chi connectivity index (χ1n) is 8.97. The third-order valence-electron chi connectivity index (χ3n) is 4.84. The topological polar surface area (TPSA) is 64.2 Å². The van der Waals surface area contributed by atoms with Crippen molar-refractivity contribution in [3.8, 4) is 0 Å². The van der Waals surface area contributed by atoms with Gasteiger partial charge in [-0.2, -0.15) is 22.0 Å². The maximum Gasteiger partial charge on any atom is 0.459 e. The molecule has 3 rings (SSSR count). The van der Waals surface area contributed by atoms with Gasteiger partial charge in [-0.05, 0) is 18.1 Å². The van der Waals surface area contributed by atoms with E-state index in [-0.39, 0.29) is 43.9 Å². The highest BCUT2D eigenvalue weighted by Crippen LogP contribution is 2.43. The number of benzene rings is 1. The molecule has 0 radical (unpaired) electrons.